The number of unbranched alkanes of at least 4 members (excludes halogenated alkanes) is 1. The molecule has 1 fully saturated rings. The molecule has 1 unspecified atom stereocenters. The van der Waals surface area contributed by atoms with Gasteiger partial charge in [0.1, 0.15) is 5.92 Å². The highest BCUT2D eigenvalue weighted by molar-refractivity contribution is 8.16. The molecule has 2 atom stereocenters. The molecule has 0 aliphatic carbocycles. The first-order valence-electron chi connectivity index (χ1n) is 10.6. The van der Waals surface area contributed by atoms with Gasteiger partial charge in [-0.3, -0.25) is 14.4 Å². The summed E-state index contributed by atoms with van der Waals surface area (Å²) < 4.78 is -0.976. The second kappa shape index (κ2) is 10.1. The van der Waals surface area contributed by atoms with Crippen molar-refractivity contribution in [3.05, 3.63) is 84.5 Å². The van der Waals surface area contributed by atoms with Gasteiger partial charge in [-0.2, -0.15) is 0 Å². The van der Waals surface area contributed by atoms with Crippen LogP contribution in [0.25, 0.3) is 11.1 Å². The molecule has 0 saturated carbocycles. The first kappa shape index (κ1) is 23.0. The SMILES string of the molecule is C=CC(C)=C[C@@]1(C)SC(=O)C(C(=O)CCCCc2ccc(-c3ccccc3)cc2)C1=O. The van der Waals surface area contributed by atoms with E-state index in [9.17, 15) is 14.4 Å². The third-order valence-corrected chi connectivity index (χ3v) is 6.83. The number of rotatable bonds is 9. The minimum absolute atomic E-state index is 0.254. The number of carbonyl (C=O) groups excluding carboxylic acids is 3. The molecule has 1 saturated heterocycles. The molecule has 0 N–H and O–H groups in total. The van der Waals surface area contributed by atoms with Crippen molar-refractivity contribution in [1.29, 1.82) is 0 Å². The van der Waals surface area contributed by atoms with Gasteiger partial charge in [0.15, 0.2) is 11.6 Å². The minimum Gasteiger partial charge on any atom is -0.298 e. The predicted molar refractivity (Wildman–Crippen MR) is 128 cm³/mol. The molecule has 2 aromatic rings. The number of benzene rings is 2. The molecule has 0 spiro atoms. The van der Waals surface area contributed by atoms with E-state index in [0.29, 0.717) is 6.42 Å². The van der Waals surface area contributed by atoms with Crippen molar-refractivity contribution < 1.29 is 14.4 Å². The largest absolute Gasteiger partial charge is 0.298 e. The van der Waals surface area contributed by atoms with Crippen molar-refractivity contribution in [2.24, 2.45) is 5.92 Å². The summed E-state index contributed by atoms with van der Waals surface area (Å²) in [6.45, 7) is 7.22. The van der Waals surface area contributed by atoms with Gasteiger partial charge in [0, 0.05) is 6.42 Å². The van der Waals surface area contributed by atoms with E-state index in [1.54, 1.807) is 19.1 Å². The molecule has 2 aromatic carbocycles. The Hall–Kier alpha value is -2.72. The number of carbonyl (C=O) groups is 3. The van der Waals surface area contributed by atoms with E-state index in [1.807, 2.05) is 25.1 Å². The Bertz CT molecular complexity index is 1000. The normalized spacial score (nSPS) is 21.4. The van der Waals surface area contributed by atoms with Gasteiger partial charge in [0.25, 0.3) is 0 Å². The van der Waals surface area contributed by atoms with Gasteiger partial charge in [0.2, 0.25) is 5.12 Å². The fraction of sp³-hybridized carbons (Fsp3) is 0.296. The van der Waals surface area contributed by atoms with Crippen molar-refractivity contribution in [2.75, 3.05) is 0 Å². The lowest BCUT2D eigenvalue weighted by molar-refractivity contribution is -0.136. The predicted octanol–water partition coefficient (Wildman–Crippen LogP) is 5.99. The maximum Gasteiger partial charge on any atom is 0.208 e. The van der Waals surface area contributed by atoms with Gasteiger partial charge in [0.05, 0.1) is 4.75 Å². The van der Waals surface area contributed by atoms with Crippen LogP contribution in [0, 0.1) is 5.92 Å². The smallest absolute Gasteiger partial charge is 0.208 e. The Morgan fingerprint density at radius 1 is 1.03 bits per heavy atom. The van der Waals surface area contributed by atoms with Gasteiger partial charge in [-0.05, 0) is 49.8 Å². The number of aryl methyl sites for hydroxylation is 1. The molecule has 31 heavy (non-hydrogen) atoms. The molecule has 0 radical (unpaired) electrons. The average Bonchev–Trinajstić information content (AvgIpc) is 2.99. The molecule has 4 heteroatoms. The van der Waals surface area contributed by atoms with Gasteiger partial charge < -0.3 is 0 Å². The summed E-state index contributed by atoms with van der Waals surface area (Å²) in [6, 6.07) is 18.7. The quantitative estimate of drug-likeness (QED) is 0.278. The first-order valence-corrected chi connectivity index (χ1v) is 11.4. The number of hydrogen-bond donors (Lipinski definition) is 0. The van der Waals surface area contributed by atoms with Crippen LogP contribution in [0.2, 0.25) is 0 Å². The number of hydrogen-bond acceptors (Lipinski definition) is 4. The summed E-state index contributed by atoms with van der Waals surface area (Å²) >= 11 is 0.958. The number of Topliss-reactive ketones (excluding diaryl/α,β-unsaturated/α-hetero) is 2. The van der Waals surface area contributed by atoms with Crippen molar-refractivity contribution in [3.8, 4) is 11.1 Å². The van der Waals surface area contributed by atoms with Crippen LogP contribution >= 0.6 is 11.8 Å². The lowest BCUT2D eigenvalue weighted by Gasteiger charge is -2.16. The number of thioether (sulfide) groups is 1. The Balaban J connectivity index is 1.51. The van der Waals surface area contributed by atoms with Crippen LogP contribution in [0.4, 0.5) is 0 Å². The maximum atomic E-state index is 12.8. The molecule has 1 aliphatic rings. The summed E-state index contributed by atoms with van der Waals surface area (Å²) in [6.07, 6.45) is 6.00. The van der Waals surface area contributed by atoms with Crippen molar-refractivity contribution in [2.45, 2.75) is 44.3 Å². The molecule has 0 amide bonds. The van der Waals surface area contributed by atoms with Gasteiger partial charge in [-0.25, -0.2) is 0 Å². The highest BCUT2D eigenvalue weighted by atomic mass is 32.2. The minimum atomic E-state index is -1.13. The molecule has 1 aliphatic heterocycles. The molecule has 0 aromatic heterocycles. The zero-order chi connectivity index (χ0) is 22.4. The summed E-state index contributed by atoms with van der Waals surface area (Å²) in [7, 11) is 0. The third-order valence-electron chi connectivity index (χ3n) is 5.65. The van der Waals surface area contributed by atoms with E-state index in [0.717, 1.165) is 30.2 Å². The van der Waals surface area contributed by atoms with E-state index in [1.165, 1.54) is 16.7 Å². The Kier molecular flexibility index (Phi) is 7.45. The lowest BCUT2D eigenvalue weighted by atomic mass is 9.88. The zero-order valence-electron chi connectivity index (χ0n) is 18.1. The lowest BCUT2D eigenvalue weighted by Crippen LogP contribution is -2.33. The fourth-order valence-corrected chi connectivity index (χ4v) is 5.09. The third kappa shape index (κ3) is 5.50. The molecular weight excluding hydrogens is 404 g/mol. The summed E-state index contributed by atoms with van der Waals surface area (Å²) in [5, 5.41) is -0.331. The second-order valence-corrected chi connectivity index (χ2v) is 9.61. The van der Waals surface area contributed by atoms with Crippen LogP contribution in [-0.4, -0.2) is 21.4 Å². The van der Waals surface area contributed by atoms with Crippen LogP contribution in [0.15, 0.2) is 78.9 Å². The standard InChI is InChI=1S/C27H28O3S/c1-4-19(2)18-27(3)25(29)24(26(30)31-27)23(28)13-9-8-10-20-14-16-22(17-15-20)21-11-6-5-7-12-21/h4-7,11-12,14-18,24H,1,8-10,13H2,2-3H3/t24?,27-/m1/s1. The van der Waals surface area contributed by atoms with E-state index < -0.39 is 10.7 Å². The first-order chi connectivity index (χ1) is 14.8. The summed E-state index contributed by atoms with van der Waals surface area (Å²) in [5.41, 5.74) is 4.41. The monoisotopic (exact) mass is 432 g/mol. The summed E-state index contributed by atoms with van der Waals surface area (Å²) in [5.74, 6) is -1.69. The summed E-state index contributed by atoms with van der Waals surface area (Å²) in [4.78, 5) is 37.8. The number of allylic oxidation sites excluding steroid dienone is 2. The highest BCUT2D eigenvalue weighted by Gasteiger charge is 2.52. The Morgan fingerprint density at radius 2 is 1.68 bits per heavy atom. The van der Waals surface area contributed by atoms with Crippen LogP contribution in [-0.2, 0) is 20.8 Å². The Morgan fingerprint density at radius 3 is 2.32 bits per heavy atom. The van der Waals surface area contributed by atoms with E-state index >= 15 is 0 Å². The molecular formula is C27H28O3S. The number of ketones is 2. The molecule has 0 bridgehead atoms. The zero-order valence-corrected chi connectivity index (χ0v) is 18.9. The highest BCUT2D eigenvalue weighted by Crippen LogP contribution is 2.42. The fourth-order valence-electron chi connectivity index (χ4n) is 3.85. The molecule has 1 heterocycles. The van der Waals surface area contributed by atoms with Crippen molar-refractivity contribution in [3.63, 3.8) is 0 Å². The topological polar surface area (TPSA) is 51.2 Å². The average molecular weight is 433 g/mol. The maximum absolute atomic E-state index is 12.8. The van der Waals surface area contributed by atoms with E-state index in [-0.39, 0.29) is 23.1 Å². The van der Waals surface area contributed by atoms with Crippen LogP contribution in [0.5, 0.6) is 0 Å². The molecule has 3 nitrogen and oxygen atoms in total. The van der Waals surface area contributed by atoms with Gasteiger partial charge in [-0.1, -0.05) is 90.7 Å². The molecule has 160 valence electrons. The van der Waals surface area contributed by atoms with Crippen molar-refractivity contribution >= 4 is 28.4 Å². The van der Waals surface area contributed by atoms with E-state index in [4.69, 9.17) is 0 Å². The van der Waals surface area contributed by atoms with Crippen molar-refractivity contribution in [1.82, 2.24) is 0 Å². The molecule has 3 rings (SSSR count). The van der Waals surface area contributed by atoms with Crippen LogP contribution < -0.4 is 0 Å². The van der Waals surface area contributed by atoms with Gasteiger partial charge in [-0.15, -0.1) is 0 Å². The van der Waals surface area contributed by atoms with Gasteiger partial charge >= 0.3 is 0 Å². The van der Waals surface area contributed by atoms with E-state index in [2.05, 4.69) is 43.0 Å². The van der Waals surface area contributed by atoms with Crippen LogP contribution in [0.1, 0.15) is 38.7 Å². The Labute approximate surface area is 188 Å². The second-order valence-electron chi connectivity index (χ2n) is 8.15. The van der Waals surface area contributed by atoms with Crippen LogP contribution in [0.3, 0.4) is 0 Å².